The molecule has 0 aliphatic rings. The van der Waals surface area contributed by atoms with Crippen LogP contribution >= 0.6 is 0 Å². The minimum Gasteiger partial charge on any atom is -0.309 e. The summed E-state index contributed by atoms with van der Waals surface area (Å²) in [4.78, 5) is 0. The molecule has 0 saturated carbocycles. The summed E-state index contributed by atoms with van der Waals surface area (Å²) in [6, 6.07) is 89.5. The van der Waals surface area contributed by atoms with Crippen molar-refractivity contribution < 1.29 is 0 Å². The third kappa shape index (κ3) is 5.30. The Hall–Kier alpha value is -8.72. The monoisotopic (exact) mass is 836 g/mol. The molecule has 0 aliphatic heterocycles. The van der Waals surface area contributed by atoms with E-state index < -0.39 is 0 Å². The zero-order valence-corrected chi connectivity index (χ0v) is 36.0. The first-order valence-corrected chi connectivity index (χ1v) is 22.9. The van der Waals surface area contributed by atoms with Gasteiger partial charge < -0.3 is 9.13 Å². The van der Waals surface area contributed by atoms with Gasteiger partial charge in [-0.25, -0.2) is 0 Å². The van der Waals surface area contributed by atoms with Gasteiger partial charge in [0, 0.05) is 32.9 Å². The molecule has 0 N–H and O–H groups in total. The molecule has 0 amide bonds. The lowest BCUT2D eigenvalue weighted by atomic mass is 9.81. The molecule has 12 aromatic carbocycles. The summed E-state index contributed by atoms with van der Waals surface area (Å²) in [7, 11) is 0. The first kappa shape index (κ1) is 36.7. The minimum absolute atomic E-state index is 1.15. The second-order valence-electron chi connectivity index (χ2n) is 17.5. The van der Waals surface area contributed by atoms with Crippen LogP contribution in [-0.4, -0.2) is 9.13 Å². The van der Waals surface area contributed by atoms with Gasteiger partial charge in [0.25, 0.3) is 0 Å². The lowest BCUT2D eigenvalue weighted by molar-refractivity contribution is 1.18. The Morgan fingerprint density at radius 1 is 0.167 bits per heavy atom. The van der Waals surface area contributed by atoms with Gasteiger partial charge in [0.1, 0.15) is 0 Å². The van der Waals surface area contributed by atoms with Crippen molar-refractivity contribution in [1.29, 1.82) is 0 Å². The highest BCUT2D eigenvalue weighted by atomic mass is 15.0. The first-order valence-electron chi connectivity index (χ1n) is 22.9. The van der Waals surface area contributed by atoms with Crippen LogP contribution < -0.4 is 0 Å². The number of nitrogens with zero attached hydrogens (tertiary/aromatic N) is 2. The molecule has 2 aromatic heterocycles. The van der Waals surface area contributed by atoms with E-state index in [0.717, 1.165) is 11.4 Å². The number of rotatable bonds is 5. The number of benzene rings is 12. The highest BCUT2D eigenvalue weighted by Gasteiger charge is 2.23. The summed E-state index contributed by atoms with van der Waals surface area (Å²) in [5.41, 5.74) is 14.6. The topological polar surface area (TPSA) is 9.86 Å². The maximum Gasteiger partial charge on any atom is 0.0541 e. The van der Waals surface area contributed by atoms with E-state index in [-0.39, 0.29) is 0 Å². The van der Waals surface area contributed by atoms with Crippen molar-refractivity contribution in [2.75, 3.05) is 0 Å². The van der Waals surface area contributed by atoms with E-state index in [1.807, 2.05) is 0 Å². The van der Waals surface area contributed by atoms with Crippen LogP contribution in [0.5, 0.6) is 0 Å². The zero-order chi connectivity index (χ0) is 43.3. The van der Waals surface area contributed by atoms with Gasteiger partial charge in [-0.1, -0.05) is 194 Å². The van der Waals surface area contributed by atoms with Gasteiger partial charge in [-0.15, -0.1) is 0 Å². The Morgan fingerprint density at radius 3 is 0.606 bits per heavy atom. The van der Waals surface area contributed by atoms with E-state index >= 15 is 0 Å². The van der Waals surface area contributed by atoms with Crippen LogP contribution in [0.2, 0.25) is 0 Å². The summed E-state index contributed by atoms with van der Waals surface area (Å²) in [6.45, 7) is 0. The van der Waals surface area contributed by atoms with E-state index in [0.29, 0.717) is 0 Å². The highest BCUT2D eigenvalue weighted by Crippen LogP contribution is 2.50. The molecule has 0 spiro atoms. The van der Waals surface area contributed by atoms with Gasteiger partial charge in [0.2, 0.25) is 0 Å². The van der Waals surface area contributed by atoms with Crippen LogP contribution in [0.25, 0.3) is 131 Å². The highest BCUT2D eigenvalue weighted by molar-refractivity contribution is 6.30. The molecule has 66 heavy (non-hydrogen) atoms. The molecule has 0 fully saturated rings. The lowest BCUT2D eigenvalue weighted by Crippen LogP contribution is -1.96. The molecule has 0 bridgehead atoms. The van der Waals surface area contributed by atoms with Crippen molar-refractivity contribution in [2.24, 2.45) is 0 Å². The summed E-state index contributed by atoms with van der Waals surface area (Å²) in [5.74, 6) is 0. The van der Waals surface area contributed by atoms with E-state index in [1.165, 1.54) is 120 Å². The average molecular weight is 837 g/mol. The quantitative estimate of drug-likeness (QED) is 0.153. The Morgan fingerprint density at radius 2 is 0.364 bits per heavy atom. The van der Waals surface area contributed by atoms with Gasteiger partial charge in [-0.3, -0.25) is 0 Å². The van der Waals surface area contributed by atoms with E-state index in [2.05, 4.69) is 252 Å². The Labute approximate surface area is 381 Å². The third-order valence-corrected chi connectivity index (χ3v) is 14.1. The fourth-order valence-electron chi connectivity index (χ4n) is 11.4. The van der Waals surface area contributed by atoms with Crippen LogP contribution in [0, 0.1) is 0 Å². The average Bonchev–Trinajstić information content (AvgIpc) is 3.91. The lowest BCUT2D eigenvalue weighted by Gasteiger charge is -2.22. The van der Waals surface area contributed by atoms with Crippen molar-refractivity contribution in [3.05, 3.63) is 243 Å². The third-order valence-electron chi connectivity index (χ3n) is 14.1. The largest absolute Gasteiger partial charge is 0.309 e. The van der Waals surface area contributed by atoms with Gasteiger partial charge in [0.15, 0.2) is 0 Å². The summed E-state index contributed by atoms with van der Waals surface area (Å²) in [5, 5.41) is 15.0. The fourth-order valence-corrected chi connectivity index (χ4v) is 11.4. The van der Waals surface area contributed by atoms with Crippen LogP contribution in [-0.2, 0) is 0 Å². The standard InChI is InChI=1S/C64H40N2/c1-5-25-53-49(21-1)61(41-33-37-43(38-34-41)65-57-29-13-9-17-45(57)46-18-10-14-30-58(46)65)50-22-2-6-26-54(50)63(53)64-55-27-7-3-23-51(55)62(52-24-4-8-28-56(52)64)42-35-39-44(40-36-42)66-59-31-15-11-19-47(59)48-20-12-16-32-60(48)66/h1-40H. The second-order valence-corrected chi connectivity index (χ2v) is 17.5. The van der Waals surface area contributed by atoms with Crippen molar-refractivity contribution in [3.8, 4) is 44.8 Å². The maximum absolute atomic E-state index is 2.40. The van der Waals surface area contributed by atoms with Crippen LogP contribution in [0.3, 0.4) is 0 Å². The smallest absolute Gasteiger partial charge is 0.0541 e. The molecular weight excluding hydrogens is 797 g/mol. The van der Waals surface area contributed by atoms with E-state index in [4.69, 9.17) is 0 Å². The molecule has 2 heterocycles. The summed E-state index contributed by atoms with van der Waals surface area (Å²) >= 11 is 0. The van der Waals surface area contributed by atoms with E-state index in [1.54, 1.807) is 0 Å². The van der Waals surface area contributed by atoms with Crippen molar-refractivity contribution in [2.45, 2.75) is 0 Å². The Bertz CT molecular complexity index is 3760. The molecule has 306 valence electrons. The Balaban J connectivity index is 0.969. The normalized spacial score (nSPS) is 11.9. The van der Waals surface area contributed by atoms with Crippen molar-refractivity contribution >= 4 is 86.7 Å². The summed E-state index contributed by atoms with van der Waals surface area (Å²) in [6.07, 6.45) is 0. The van der Waals surface area contributed by atoms with Gasteiger partial charge in [-0.2, -0.15) is 0 Å². The van der Waals surface area contributed by atoms with E-state index in [9.17, 15) is 0 Å². The number of para-hydroxylation sites is 4. The molecule has 14 aromatic rings. The fraction of sp³-hybridized carbons (Fsp3) is 0. The van der Waals surface area contributed by atoms with Gasteiger partial charge >= 0.3 is 0 Å². The molecule has 14 rings (SSSR count). The minimum atomic E-state index is 1.15. The number of hydrogen-bond donors (Lipinski definition) is 0. The van der Waals surface area contributed by atoms with Crippen LogP contribution in [0.4, 0.5) is 0 Å². The maximum atomic E-state index is 2.40. The number of hydrogen-bond acceptors (Lipinski definition) is 0. The van der Waals surface area contributed by atoms with Gasteiger partial charge in [-0.05, 0) is 125 Å². The number of fused-ring (bicyclic) bond motifs is 10. The molecule has 0 saturated heterocycles. The van der Waals surface area contributed by atoms with Crippen LogP contribution in [0.15, 0.2) is 243 Å². The van der Waals surface area contributed by atoms with Crippen molar-refractivity contribution in [1.82, 2.24) is 9.13 Å². The first-order chi connectivity index (χ1) is 32.8. The second kappa shape index (κ2) is 14.4. The molecule has 2 nitrogen and oxygen atoms in total. The SMILES string of the molecule is c1ccc2c(-c3c4ccccc4c(-c4ccc(-n5c6ccccc6c6ccccc65)cc4)c4ccccc34)c3ccccc3c(-c3ccc(-n4c5ccccc5c5ccccc54)cc3)c2c1. The zero-order valence-electron chi connectivity index (χ0n) is 36.0. The molecule has 0 atom stereocenters. The molecule has 2 heteroatoms. The number of aromatic nitrogens is 2. The van der Waals surface area contributed by atoms with Crippen molar-refractivity contribution in [3.63, 3.8) is 0 Å². The predicted molar refractivity (Wildman–Crippen MR) is 281 cm³/mol. The summed E-state index contributed by atoms with van der Waals surface area (Å²) < 4.78 is 4.79. The predicted octanol–water partition coefficient (Wildman–Crippen LogP) is 17.5. The molecule has 0 unspecified atom stereocenters. The van der Waals surface area contributed by atoms with Gasteiger partial charge in [0.05, 0.1) is 22.1 Å². The van der Waals surface area contributed by atoms with Crippen LogP contribution in [0.1, 0.15) is 0 Å². The molecular formula is C64H40N2. The molecule has 0 aliphatic carbocycles. The Kier molecular flexibility index (Phi) is 8.02. The molecule has 0 radical (unpaired) electrons.